The molecule has 3 rings (SSSR count). The Hall–Kier alpha value is -1.84. The Morgan fingerprint density at radius 3 is 2.55 bits per heavy atom. The Bertz CT molecular complexity index is 887. The lowest BCUT2D eigenvalue weighted by atomic mass is 10.0. The maximum atomic E-state index is 13.2. The van der Waals surface area contributed by atoms with Gasteiger partial charge in [-0.05, 0) is 43.7 Å². The molecule has 31 heavy (non-hydrogen) atoms. The number of anilines is 1. The van der Waals surface area contributed by atoms with Gasteiger partial charge in [-0.3, -0.25) is 14.4 Å². The van der Waals surface area contributed by atoms with Crippen LogP contribution in [0, 0.1) is 11.8 Å². The van der Waals surface area contributed by atoms with E-state index < -0.39 is 10.0 Å². The average Bonchev–Trinajstić information content (AvgIpc) is 3.51. The van der Waals surface area contributed by atoms with Gasteiger partial charge in [-0.25, -0.2) is 8.42 Å². The molecule has 1 heterocycles. The van der Waals surface area contributed by atoms with Gasteiger partial charge in [0, 0.05) is 45.9 Å². The molecule has 1 aliphatic heterocycles. The fourth-order valence-corrected chi connectivity index (χ4v) is 4.57. The fourth-order valence-electron chi connectivity index (χ4n) is 4.01. The Morgan fingerprint density at radius 2 is 1.94 bits per heavy atom. The molecule has 0 spiro atoms. The molecule has 1 amide bonds. The van der Waals surface area contributed by atoms with Crippen molar-refractivity contribution in [2.24, 2.45) is 11.8 Å². The molecule has 1 saturated carbocycles. The average molecular weight is 454 g/mol. The van der Waals surface area contributed by atoms with Crippen molar-refractivity contribution in [3.63, 3.8) is 0 Å². The summed E-state index contributed by atoms with van der Waals surface area (Å²) in [5.74, 6) is 1.19. The van der Waals surface area contributed by atoms with Crippen molar-refractivity contribution in [2.75, 3.05) is 51.4 Å². The molecule has 0 aromatic heterocycles. The van der Waals surface area contributed by atoms with Crippen LogP contribution in [0.3, 0.4) is 0 Å². The smallest absolute Gasteiger partial charge is 0.257 e. The third-order valence-corrected chi connectivity index (χ3v) is 6.68. The van der Waals surface area contributed by atoms with Crippen LogP contribution in [0.4, 0.5) is 5.69 Å². The molecule has 1 N–H and O–H groups in total. The van der Waals surface area contributed by atoms with Crippen molar-refractivity contribution in [2.45, 2.75) is 38.8 Å². The molecule has 3 atom stereocenters. The monoisotopic (exact) mass is 453 g/mol. The first-order valence-corrected chi connectivity index (χ1v) is 12.7. The molecule has 1 aromatic rings. The molecule has 1 aromatic carbocycles. The second kappa shape index (κ2) is 9.75. The number of methoxy groups -OCH3 is 1. The zero-order valence-corrected chi connectivity index (χ0v) is 19.9. The molecule has 0 radical (unpaired) electrons. The SMILES string of the molecule is CO[C@H]1CN(C)C(=O)c2ccc(NS(C)(=O)=O)cc2OC[C@@H](C)N(CC2CC2)C[C@H]1C. The van der Waals surface area contributed by atoms with Crippen molar-refractivity contribution >= 4 is 21.6 Å². The first kappa shape index (κ1) is 23.8. The molecule has 2 aliphatic rings. The minimum atomic E-state index is -3.44. The van der Waals surface area contributed by atoms with E-state index in [2.05, 4.69) is 23.5 Å². The zero-order valence-electron chi connectivity index (χ0n) is 19.1. The first-order chi connectivity index (χ1) is 14.6. The van der Waals surface area contributed by atoms with Crippen LogP contribution >= 0.6 is 0 Å². The van der Waals surface area contributed by atoms with E-state index in [4.69, 9.17) is 9.47 Å². The number of hydrogen-bond donors (Lipinski definition) is 1. The van der Waals surface area contributed by atoms with Crippen LogP contribution < -0.4 is 9.46 Å². The van der Waals surface area contributed by atoms with Crippen LogP contribution in [0.15, 0.2) is 18.2 Å². The topological polar surface area (TPSA) is 88.2 Å². The fraction of sp³-hybridized carbons (Fsp3) is 0.682. The molecule has 0 unspecified atom stereocenters. The van der Waals surface area contributed by atoms with E-state index in [1.165, 1.54) is 12.8 Å². The van der Waals surface area contributed by atoms with Gasteiger partial charge in [-0.1, -0.05) is 6.92 Å². The number of hydrogen-bond acceptors (Lipinski definition) is 6. The van der Waals surface area contributed by atoms with E-state index >= 15 is 0 Å². The molecule has 174 valence electrons. The lowest BCUT2D eigenvalue weighted by molar-refractivity contribution is 0.00994. The first-order valence-electron chi connectivity index (χ1n) is 10.8. The van der Waals surface area contributed by atoms with Crippen LogP contribution in [0.2, 0.25) is 0 Å². The largest absolute Gasteiger partial charge is 0.491 e. The van der Waals surface area contributed by atoms with Gasteiger partial charge in [0.2, 0.25) is 10.0 Å². The Balaban J connectivity index is 1.93. The van der Waals surface area contributed by atoms with E-state index in [1.807, 2.05) is 0 Å². The molecule has 1 fully saturated rings. The van der Waals surface area contributed by atoms with Gasteiger partial charge in [-0.15, -0.1) is 0 Å². The summed E-state index contributed by atoms with van der Waals surface area (Å²) in [6.07, 6.45) is 3.55. The van der Waals surface area contributed by atoms with Gasteiger partial charge < -0.3 is 14.4 Å². The number of fused-ring (bicyclic) bond motifs is 1. The summed E-state index contributed by atoms with van der Waals surface area (Å²) in [6.45, 7) is 7.07. The van der Waals surface area contributed by atoms with E-state index in [0.717, 1.165) is 25.3 Å². The predicted octanol–water partition coefficient (Wildman–Crippen LogP) is 2.27. The summed E-state index contributed by atoms with van der Waals surface area (Å²) in [6, 6.07) is 4.93. The summed E-state index contributed by atoms with van der Waals surface area (Å²) in [7, 11) is 0.0119. The van der Waals surface area contributed by atoms with Crippen LogP contribution in [0.1, 0.15) is 37.0 Å². The minimum absolute atomic E-state index is 0.0853. The number of nitrogens with one attached hydrogen (secondary N) is 1. The lowest BCUT2D eigenvalue weighted by Crippen LogP contribution is -2.47. The number of nitrogens with zero attached hydrogens (tertiary/aromatic N) is 2. The lowest BCUT2D eigenvalue weighted by Gasteiger charge is -2.36. The summed E-state index contributed by atoms with van der Waals surface area (Å²) in [5, 5.41) is 0. The molecular weight excluding hydrogens is 418 g/mol. The molecule has 8 nitrogen and oxygen atoms in total. The van der Waals surface area contributed by atoms with Gasteiger partial charge in [0.15, 0.2) is 0 Å². The number of ether oxygens (including phenoxy) is 2. The molecule has 0 bridgehead atoms. The second-order valence-electron chi connectivity index (χ2n) is 9.08. The van der Waals surface area contributed by atoms with Gasteiger partial charge in [0.05, 0.1) is 23.6 Å². The maximum absolute atomic E-state index is 13.2. The Kier molecular flexibility index (Phi) is 7.49. The standard InChI is InChI=1S/C22H35N3O5S/c1-15-11-25(12-17-6-7-17)16(2)14-30-20-10-18(23-31(5,27)28)8-9-19(20)22(26)24(3)13-21(15)29-4/h8-10,15-17,21,23H,6-7,11-14H2,1-5H3/t15-,16-,21+/m1/s1. The van der Waals surface area contributed by atoms with Crippen LogP contribution in [-0.4, -0.2) is 82.9 Å². The Labute approximate surface area is 185 Å². The maximum Gasteiger partial charge on any atom is 0.257 e. The summed E-state index contributed by atoms with van der Waals surface area (Å²) in [4.78, 5) is 17.3. The Morgan fingerprint density at radius 1 is 1.23 bits per heavy atom. The number of likely N-dealkylation sites (N-methyl/N-ethyl adjacent to an activating group) is 1. The van der Waals surface area contributed by atoms with Crippen molar-refractivity contribution in [3.05, 3.63) is 23.8 Å². The normalized spacial score (nSPS) is 26.4. The van der Waals surface area contributed by atoms with E-state index in [0.29, 0.717) is 30.2 Å². The number of rotatable bonds is 5. The second-order valence-corrected chi connectivity index (χ2v) is 10.8. The highest BCUT2D eigenvalue weighted by atomic mass is 32.2. The molecular formula is C22H35N3O5S. The highest BCUT2D eigenvalue weighted by Gasteiger charge is 2.31. The van der Waals surface area contributed by atoms with Gasteiger partial charge in [0.25, 0.3) is 5.91 Å². The highest BCUT2D eigenvalue weighted by molar-refractivity contribution is 7.92. The predicted molar refractivity (Wildman–Crippen MR) is 121 cm³/mol. The van der Waals surface area contributed by atoms with Crippen molar-refractivity contribution in [1.82, 2.24) is 9.80 Å². The number of carbonyl (C=O) groups is 1. The van der Waals surface area contributed by atoms with Crippen molar-refractivity contribution in [3.8, 4) is 5.75 Å². The van der Waals surface area contributed by atoms with Crippen molar-refractivity contribution < 1.29 is 22.7 Å². The number of sulfonamides is 1. The van der Waals surface area contributed by atoms with Crippen LogP contribution in [0.25, 0.3) is 0 Å². The number of amides is 1. The number of benzene rings is 1. The molecule has 0 saturated heterocycles. The highest BCUT2D eigenvalue weighted by Crippen LogP contribution is 2.32. The van der Waals surface area contributed by atoms with Gasteiger partial charge >= 0.3 is 0 Å². The third-order valence-electron chi connectivity index (χ3n) is 6.07. The summed E-state index contributed by atoms with van der Waals surface area (Å²) in [5.41, 5.74) is 0.778. The minimum Gasteiger partial charge on any atom is -0.491 e. The molecule has 9 heteroatoms. The van der Waals surface area contributed by atoms with Crippen LogP contribution in [0.5, 0.6) is 5.75 Å². The van der Waals surface area contributed by atoms with Gasteiger partial charge in [0.1, 0.15) is 12.4 Å². The van der Waals surface area contributed by atoms with Gasteiger partial charge in [-0.2, -0.15) is 0 Å². The third kappa shape index (κ3) is 6.57. The summed E-state index contributed by atoms with van der Waals surface area (Å²) < 4.78 is 37.6. The zero-order chi connectivity index (χ0) is 22.8. The number of carbonyl (C=O) groups excluding carboxylic acids is 1. The quantitative estimate of drug-likeness (QED) is 0.736. The van der Waals surface area contributed by atoms with E-state index in [-0.39, 0.29) is 24.0 Å². The van der Waals surface area contributed by atoms with E-state index in [1.54, 1.807) is 37.3 Å². The summed E-state index contributed by atoms with van der Waals surface area (Å²) >= 11 is 0. The van der Waals surface area contributed by atoms with Crippen molar-refractivity contribution in [1.29, 1.82) is 0 Å². The molecule has 1 aliphatic carbocycles. The van der Waals surface area contributed by atoms with Crippen LogP contribution in [-0.2, 0) is 14.8 Å². The van der Waals surface area contributed by atoms with E-state index in [9.17, 15) is 13.2 Å².